The third-order valence-corrected chi connectivity index (χ3v) is 4.56. The molecule has 3 rings (SSSR count). The van der Waals surface area contributed by atoms with E-state index in [0.29, 0.717) is 22.5 Å². The second kappa shape index (κ2) is 10.7. The van der Waals surface area contributed by atoms with Gasteiger partial charge in [0.1, 0.15) is 17.2 Å². The van der Waals surface area contributed by atoms with Crippen LogP contribution in [0.1, 0.15) is 31.8 Å². The van der Waals surface area contributed by atoms with E-state index >= 15 is 0 Å². The standard InChI is InChI=1S/C22H19N7O4.ClH/c23-19(24)12-3-1-5-15(9-12)27-21(30)14-7-8-17(18(11-14)29(32)33)22(31)28-16-6-2-4-13(10-16)20(25)26;/h1-11H,(H3,23,24)(H3,25,26)(H,27,30)(H,28,31);1H. The van der Waals surface area contributed by atoms with Crippen molar-refractivity contribution in [2.24, 2.45) is 11.5 Å². The van der Waals surface area contributed by atoms with Crippen molar-refractivity contribution in [1.29, 1.82) is 10.8 Å². The summed E-state index contributed by atoms with van der Waals surface area (Å²) in [5, 5.41) is 31.6. The number of carbonyl (C=O) groups excluding carboxylic acids is 2. The van der Waals surface area contributed by atoms with E-state index in [0.717, 1.165) is 6.07 Å². The van der Waals surface area contributed by atoms with Crippen LogP contribution in [0.2, 0.25) is 0 Å². The number of hydrogen-bond donors (Lipinski definition) is 6. The number of halogens is 1. The topological polar surface area (TPSA) is 201 Å². The zero-order chi connectivity index (χ0) is 24.1. The molecule has 0 fully saturated rings. The van der Waals surface area contributed by atoms with Gasteiger partial charge in [-0.3, -0.25) is 30.5 Å². The minimum atomic E-state index is -0.761. The highest BCUT2D eigenvalue weighted by Gasteiger charge is 2.23. The van der Waals surface area contributed by atoms with Crippen molar-refractivity contribution < 1.29 is 14.5 Å². The Morgan fingerprint density at radius 2 is 1.26 bits per heavy atom. The third-order valence-electron chi connectivity index (χ3n) is 4.56. The Kier molecular flexibility index (Phi) is 8.02. The van der Waals surface area contributed by atoms with E-state index in [2.05, 4.69) is 10.6 Å². The summed E-state index contributed by atoms with van der Waals surface area (Å²) in [6.07, 6.45) is 0. The Hall–Kier alpha value is -4.77. The number of amides is 2. The average molecular weight is 482 g/mol. The first-order chi connectivity index (χ1) is 15.7. The zero-order valence-electron chi connectivity index (χ0n) is 17.5. The van der Waals surface area contributed by atoms with Crippen molar-refractivity contribution in [1.82, 2.24) is 0 Å². The monoisotopic (exact) mass is 481 g/mol. The number of benzene rings is 3. The maximum atomic E-state index is 12.7. The fraction of sp³-hybridized carbons (Fsp3) is 0. The molecule has 0 aliphatic carbocycles. The van der Waals surface area contributed by atoms with Gasteiger partial charge in [-0.15, -0.1) is 12.4 Å². The molecule has 0 radical (unpaired) electrons. The first-order valence-corrected chi connectivity index (χ1v) is 9.46. The molecule has 2 amide bonds. The molecule has 12 heteroatoms. The van der Waals surface area contributed by atoms with Crippen LogP contribution in [0, 0.1) is 20.9 Å². The first-order valence-electron chi connectivity index (χ1n) is 9.46. The Morgan fingerprint density at radius 3 is 1.74 bits per heavy atom. The highest BCUT2D eigenvalue weighted by Crippen LogP contribution is 2.23. The number of nitrogens with one attached hydrogen (secondary N) is 4. The molecule has 3 aromatic rings. The third kappa shape index (κ3) is 5.93. The number of nitrogens with two attached hydrogens (primary N) is 2. The lowest BCUT2D eigenvalue weighted by atomic mass is 10.1. The minimum absolute atomic E-state index is 0. The minimum Gasteiger partial charge on any atom is -0.384 e. The Bertz CT molecular complexity index is 1310. The summed E-state index contributed by atoms with van der Waals surface area (Å²) >= 11 is 0. The Balaban J connectivity index is 0.00000408. The van der Waals surface area contributed by atoms with Gasteiger partial charge in [0, 0.05) is 34.1 Å². The van der Waals surface area contributed by atoms with Crippen molar-refractivity contribution in [3.63, 3.8) is 0 Å². The maximum absolute atomic E-state index is 12.7. The van der Waals surface area contributed by atoms with Crippen LogP contribution in [-0.2, 0) is 0 Å². The molecule has 0 unspecified atom stereocenters. The summed E-state index contributed by atoms with van der Waals surface area (Å²) in [5.41, 5.74) is 11.5. The highest BCUT2D eigenvalue weighted by molar-refractivity contribution is 6.10. The predicted molar refractivity (Wildman–Crippen MR) is 131 cm³/mol. The van der Waals surface area contributed by atoms with Gasteiger partial charge in [-0.1, -0.05) is 24.3 Å². The van der Waals surface area contributed by atoms with Gasteiger partial charge in [-0.05, 0) is 36.4 Å². The van der Waals surface area contributed by atoms with Crippen LogP contribution in [0.15, 0.2) is 66.7 Å². The number of anilines is 2. The first kappa shape index (κ1) is 25.5. The molecule has 0 saturated heterocycles. The van der Waals surface area contributed by atoms with Gasteiger partial charge in [-0.25, -0.2) is 0 Å². The smallest absolute Gasteiger partial charge is 0.282 e. The van der Waals surface area contributed by atoms with Crippen molar-refractivity contribution >= 4 is 53.0 Å². The SMILES string of the molecule is Cl.N=C(N)c1cccc(NC(=O)c2ccc(C(=O)Nc3cccc(C(=N)N)c3)c([N+](=O)[O-])c2)c1. The Labute approximate surface area is 199 Å². The van der Waals surface area contributed by atoms with E-state index in [-0.39, 0.29) is 35.2 Å². The van der Waals surface area contributed by atoms with Gasteiger partial charge in [0.2, 0.25) is 0 Å². The highest BCUT2D eigenvalue weighted by atomic mass is 35.5. The fourth-order valence-corrected chi connectivity index (χ4v) is 2.95. The predicted octanol–water partition coefficient (Wildman–Crippen LogP) is 3.09. The lowest BCUT2D eigenvalue weighted by Crippen LogP contribution is -2.17. The molecule has 8 N–H and O–H groups in total. The van der Waals surface area contributed by atoms with E-state index in [1.807, 2.05) is 0 Å². The van der Waals surface area contributed by atoms with Crippen LogP contribution in [0.4, 0.5) is 17.1 Å². The number of rotatable bonds is 7. The van der Waals surface area contributed by atoms with Crippen LogP contribution in [0.3, 0.4) is 0 Å². The van der Waals surface area contributed by atoms with Gasteiger partial charge in [-0.2, -0.15) is 0 Å². The van der Waals surface area contributed by atoms with Gasteiger partial charge >= 0.3 is 0 Å². The van der Waals surface area contributed by atoms with Gasteiger partial charge < -0.3 is 22.1 Å². The number of amidine groups is 2. The lowest BCUT2D eigenvalue weighted by molar-refractivity contribution is -0.385. The van der Waals surface area contributed by atoms with E-state index in [9.17, 15) is 19.7 Å². The van der Waals surface area contributed by atoms with Gasteiger partial charge in [0.25, 0.3) is 17.5 Å². The molecule has 11 nitrogen and oxygen atoms in total. The molecule has 0 heterocycles. The summed E-state index contributed by atoms with van der Waals surface area (Å²) in [6.45, 7) is 0. The zero-order valence-corrected chi connectivity index (χ0v) is 18.3. The van der Waals surface area contributed by atoms with E-state index in [1.165, 1.54) is 24.3 Å². The normalized spacial score (nSPS) is 9.88. The summed E-state index contributed by atoms with van der Waals surface area (Å²) in [5.74, 6) is -1.77. The maximum Gasteiger partial charge on any atom is 0.282 e. The van der Waals surface area contributed by atoms with Crippen LogP contribution in [0.25, 0.3) is 0 Å². The summed E-state index contributed by atoms with van der Waals surface area (Å²) in [4.78, 5) is 36.1. The summed E-state index contributed by atoms with van der Waals surface area (Å²) in [6, 6.07) is 15.9. The van der Waals surface area contributed by atoms with Crippen molar-refractivity contribution in [3.8, 4) is 0 Å². The molecule has 0 aromatic heterocycles. The van der Waals surface area contributed by atoms with Crippen LogP contribution >= 0.6 is 12.4 Å². The van der Waals surface area contributed by atoms with Crippen molar-refractivity contribution in [3.05, 3.63) is 99.1 Å². The largest absolute Gasteiger partial charge is 0.384 e. The summed E-state index contributed by atoms with van der Waals surface area (Å²) < 4.78 is 0. The number of nitrogen functional groups attached to an aromatic ring is 2. The molecule has 0 spiro atoms. The molecule has 0 bridgehead atoms. The molecule has 0 aliphatic heterocycles. The van der Waals surface area contributed by atoms with E-state index in [1.54, 1.807) is 36.4 Å². The van der Waals surface area contributed by atoms with Crippen LogP contribution in [0.5, 0.6) is 0 Å². The number of nitro groups is 1. The lowest BCUT2D eigenvalue weighted by Gasteiger charge is -2.10. The van der Waals surface area contributed by atoms with Crippen LogP contribution in [-0.4, -0.2) is 28.4 Å². The molecular formula is C22H20ClN7O4. The Morgan fingerprint density at radius 1 is 0.765 bits per heavy atom. The second-order valence-corrected chi connectivity index (χ2v) is 6.89. The quantitative estimate of drug-likeness (QED) is 0.129. The fourth-order valence-electron chi connectivity index (χ4n) is 2.95. The van der Waals surface area contributed by atoms with Crippen molar-refractivity contribution in [2.45, 2.75) is 0 Å². The number of carbonyl (C=O) groups is 2. The van der Waals surface area contributed by atoms with Crippen LogP contribution < -0.4 is 22.1 Å². The molecule has 3 aromatic carbocycles. The van der Waals surface area contributed by atoms with E-state index in [4.69, 9.17) is 22.3 Å². The molecule has 174 valence electrons. The number of hydrogen-bond acceptors (Lipinski definition) is 6. The number of nitro benzene ring substituents is 1. The molecule has 0 aliphatic rings. The number of nitrogens with zero attached hydrogens (tertiary/aromatic N) is 1. The molecule has 0 atom stereocenters. The average Bonchev–Trinajstić information content (AvgIpc) is 2.78. The molecule has 0 saturated carbocycles. The van der Waals surface area contributed by atoms with Crippen molar-refractivity contribution in [2.75, 3.05) is 10.6 Å². The van der Waals surface area contributed by atoms with Gasteiger partial charge in [0.15, 0.2) is 0 Å². The van der Waals surface area contributed by atoms with Gasteiger partial charge in [0.05, 0.1) is 4.92 Å². The summed E-state index contributed by atoms with van der Waals surface area (Å²) in [7, 11) is 0. The molecular weight excluding hydrogens is 462 g/mol. The second-order valence-electron chi connectivity index (χ2n) is 6.89. The van der Waals surface area contributed by atoms with E-state index < -0.39 is 22.4 Å². The molecule has 34 heavy (non-hydrogen) atoms.